The number of hydrogen-bond acceptors (Lipinski definition) is 3. The molecule has 0 spiro atoms. The van der Waals surface area contributed by atoms with Crippen molar-refractivity contribution < 1.29 is 14.3 Å². The van der Waals surface area contributed by atoms with E-state index >= 15 is 0 Å². The number of ether oxygens (including phenoxy) is 1. The van der Waals surface area contributed by atoms with E-state index in [1.165, 1.54) is 0 Å². The topological polar surface area (TPSA) is 43.4 Å². The summed E-state index contributed by atoms with van der Waals surface area (Å²) in [5.74, 6) is 0.168. The minimum atomic E-state index is -0.992. The fourth-order valence-corrected chi connectivity index (χ4v) is 3.84. The summed E-state index contributed by atoms with van der Waals surface area (Å²) in [5.41, 5.74) is 2.21. The Hall–Kier alpha value is -3.98. The Bertz CT molecular complexity index is 1290. The number of ketones is 2. The molecule has 1 atom stereocenters. The first-order valence-corrected chi connectivity index (χ1v) is 9.81. The Labute approximate surface area is 174 Å². The lowest BCUT2D eigenvalue weighted by molar-refractivity contribution is 0.0804. The zero-order chi connectivity index (χ0) is 20.5. The number of fused-ring (bicyclic) bond motifs is 3. The standard InChI is InChI=1S/C27H18O3/c28-25(19-10-3-1-4-11-19)23-17-22-21-14-8-7-9-18(21)15-16-24(22)30-27(23)26(29)20-12-5-2-6-13-20/h1-17,27H. The second-order valence-electron chi connectivity index (χ2n) is 7.22. The molecule has 3 nitrogen and oxygen atoms in total. The second kappa shape index (κ2) is 7.45. The van der Waals surface area contributed by atoms with E-state index in [0.29, 0.717) is 22.4 Å². The minimum Gasteiger partial charge on any atom is -0.477 e. The largest absolute Gasteiger partial charge is 0.477 e. The molecule has 1 aliphatic heterocycles. The molecule has 1 aliphatic rings. The first-order valence-electron chi connectivity index (χ1n) is 9.81. The third-order valence-electron chi connectivity index (χ3n) is 5.35. The van der Waals surface area contributed by atoms with E-state index in [9.17, 15) is 9.59 Å². The van der Waals surface area contributed by atoms with Gasteiger partial charge < -0.3 is 4.74 Å². The van der Waals surface area contributed by atoms with E-state index in [1.54, 1.807) is 36.4 Å². The van der Waals surface area contributed by atoms with E-state index < -0.39 is 6.10 Å². The van der Waals surface area contributed by atoms with E-state index in [-0.39, 0.29) is 11.6 Å². The quantitative estimate of drug-likeness (QED) is 0.417. The van der Waals surface area contributed by atoms with Crippen LogP contribution in [0.15, 0.2) is 103 Å². The molecule has 1 unspecified atom stereocenters. The number of Topliss-reactive ketones (excluding diaryl/α,β-unsaturated/α-hetero) is 2. The van der Waals surface area contributed by atoms with Gasteiger partial charge in [0.1, 0.15) is 5.75 Å². The molecule has 0 fully saturated rings. The summed E-state index contributed by atoms with van der Waals surface area (Å²) in [6.07, 6.45) is 0.830. The number of carbonyl (C=O) groups excluding carboxylic acids is 2. The van der Waals surface area contributed by atoms with Crippen LogP contribution in [0.5, 0.6) is 5.75 Å². The van der Waals surface area contributed by atoms with E-state index in [1.807, 2.05) is 66.7 Å². The molecule has 0 N–H and O–H groups in total. The maximum atomic E-state index is 13.4. The third kappa shape index (κ3) is 3.11. The summed E-state index contributed by atoms with van der Waals surface area (Å²) in [6, 6.07) is 29.7. The summed E-state index contributed by atoms with van der Waals surface area (Å²) in [5, 5.41) is 2.04. The highest BCUT2D eigenvalue weighted by atomic mass is 16.5. The maximum Gasteiger partial charge on any atom is 0.208 e. The molecule has 0 aromatic heterocycles. The molecule has 0 bridgehead atoms. The van der Waals surface area contributed by atoms with E-state index in [0.717, 1.165) is 16.3 Å². The van der Waals surface area contributed by atoms with E-state index in [2.05, 4.69) is 0 Å². The molecular weight excluding hydrogens is 372 g/mol. The smallest absolute Gasteiger partial charge is 0.208 e. The number of rotatable bonds is 4. The second-order valence-corrected chi connectivity index (χ2v) is 7.22. The van der Waals surface area contributed by atoms with Gasteiger partial charge in [0.15, 0.2) is 11.9 Å². The summed E-state index contributed by atoms with van der Waals surface area (Å²) in [6.45, 7) is 0. The average Bonchev–Trinajstić information content (AvgIpc) is 2.83. The maximum absolute atomic E-state index is 13.4. The zero-order valence-electron chi connectivity index (χ0n) is 16.1. The molecule has 0 aliphatic carbocycles. The molecule has 0 radical (unpaired) electrons. The Morgan fingerprint density at radius 3 is 2.03 bits per heavy atom. The molecule has 5 rings (SSSR count). The molecule has 3 heteroatoms. The summed E-state index contributed by atoms with van der Waals surface area (Å²) in [7, 11) is 0. The van der Waals surface area contributed by atoms with Crippen molar-refractivity contribution in [2.75, 3.05) is 0 Å². The van der Waals surface area contributed by atoms with Crippen LogP contribution in [0.25, 0.3) is 16.8 Å². The Morgan fingerprint density at radius 2 is 1.30 bits per heavy atom. The van der Waals surface area contributed by atoms with Crippen LogP contribution in [0.3, 0.4) is 0 Å². The zero-order valence-corrected chi connectivity index (χ0v) is 16.1. The van der Waals surface area contributed by atoms with Crippen molar-refractivity contribution in [1.29, 1.82) is 0 Å². The van der Waals surface area contributed by atoms with Crippen molar-refractivity contribution in [3.05, 3.63) is 119 Å². The van der Waals surface area contributed by atoms with Crippen LogP contribution in [-0.2, 0) is 0 Å². The van der Waals surface area contributed by atoms with Crippen molar-refractivity contribution in [2.24, 2.45) is 0 Å². The van der Waals surface area contributed by atoms with Gasteiger partial charge in [-0.1, -0.05) is 91.0 Å². The summed E-state index contributed by atoms with van der Waals surface area (Å²) >= 11 is 0. The van der Waals surface area contributed by atoms with Crippen LogP contribution in [-0.4, -0.2) is 17.7 Å². The van der Waals surface area contributed by atoms with E-state index in [4.69, 9.17) is 4.74 Å². The van der Waals surface area contributed by atoms with Crippen LogP contribution in [0.2, 0.25) is 0 Å². The molecule has 0 amide bonds. The third-order valence-corrected chi connectivity index (χ3v) is 5.35. The van der Waals surface area contributed by atoms with Gasteiger partial charge >= 0.3 is 0 Å². The average molecular weight is 390 g/mol. The molecule has 0 saturated heterocycles. The predicted molar refractivity (Wildman–Crippen MR) is 118 cm³/mol. The lowest BCUT2D eigenvalue weighted by Gasteiger charge is -2.26. The molecule has 0 saturated carbocycles. The molecule has 4 aromatic rings. The van der Waals surface area contributed by atoms with Gasteiger partial charge in [-0.15, -0.1) is 0 Å². The van der Waals surface area contributed by atoms with Crippen LogP contribution in [0, 0.1) is 0 Å². The number of carbonyl (C=O) groups is 2. The SMILES string of the molecule is O=C(C1=Cc2c(ccc3ccccc23)OC1C(=O)c1ccccc1)c1ccccc1. The van der Waals surface area contributed by atoms with Gasteiger partial charge in [0.05, 0.1) is 0 Å². The lowest BCUT2D eigenvalue weighted by atomic mass is 9.89. The first kappa shape index (κ1) is 18.1. The highest BCUT2D eigenvalue weighted by molar-refractivity contribution is 6.19. The van der Waals surface area contributed by atoms with Crippen LogP contribution in [0.4, 0.5) is 0 Å². The normalized spacial score (nSPS) is 15.1. The first-order chi connectivity index (χ1) is 14.7. The Kier molecular flexibility index (Phi) is 4.49. The fourth-order valence-electron chi connectivity index (χ4n) is 3.84. The van der Waals surface area contributed by atoms with Gasteiger partial charge in [-0.05, 0) is 22.9 Å². The van der Waals surface area contributed by atoms with Crippen molar-refractivity contribution in [2.45, 2.75) is 6.10 Å². The van der Waals surface area contributed by atoms with Gasteiger partial charge in [0, 0.05) is 22.3 Å². The van der Waals surface area contributed by atoms with Gasteiger partial charge in [-0.3, -0.25) is 9.59 Å². The van der Waals surface area contributed by atoms with Crippen LogP contribution in [0.1, 0.15) is 26.3 Å². The minimum absolute atomic E-state index is 0.205. The number of hydrogen-bond donors (Lipinski definition) is 0. The van der Waals surface area contributed by atoms with Gasteiger partial charge in [0.25, 0.3) is 0 Å². The van der Waals surface area contributed by atoms with Crippen LogP contribution < -0.4 is 4.74 Å². The molecule has 1 heterocycles. The van der Waals surface area contributed by atoms with Gasteiger partial charge in [-0.2, -0.15) is 0 Å². The Morgan fingerprint density at radius 1 is 0.667 bits per heavy atom. The van der Waals surface area contributed by atoms with Crippen molar-refractivity contribution in [1.82, 2.24) is 0 Å². The van der Waals surface area contributed by atoms with Crippen LogP contribution >= 0.6 is 0 Å². The summed E-state index contributed by atoms with van der Waals surface area (Å²) < 4.78 is 6.17. The summed E-state index contributed by atoms with van der Waals surface area (Å²) in [4.78, 5) is 26.7. The van der Waals surface area contributed by atoms with Crippen molar-refractivity contribution >= 4 is 28.4 Å². The highest BCUT2D eigenvalue weighted by Gasteiger charge is 2.34. The monoisotopic (exact) mass is 390 g/mol. The highest BCUT2D eigenvalue weighted by Crippen LogP contribution is 2.37. The molecule has 144 valence electrons. The Balaban J connectivity index is 1.68. The molecular formula is C27H18O3. The predicted octanol–water partition coefficient (Wildman–Crippen LogP) is 5.75. The number of benzene rings is 4. The molecule has 4 aromatic carbocycles. The van der Waals surface area contributed by atoms with Crippen molar-refractivity contribution in [3.8, 4) is 5.75 Å². The van der Waals surface area contributed by atoms with Crippen molar-refractivity contribution in [3.63, 3.8) is 0 Å². The lowest BCUT2D eigenvalue weighted by Crippen LogP contribution is -2.35. The van der Waals surface area contributed by atoms with Gasteiger partial charge in [0.2, 0.25) is 5.78 Å². The molecule has 30 heavy (non-hydrogen) atoms. The fraction of sp³-hybridized carbons (Fsp3) is 0.0370. The van der Waals surface area contributed by atoms with Gasteiger partial charge in [-0.25, -0.2) is 0 Å².